The molecule has 0 saturated carbocycles. The molecule has 2 aromatic carbocycles. The first-order chi connectivity index (χ1) is 16.2. The molecule has 4 nitrogen and oxygen atoms in total. The van der Waals surface area contributed by atoms with Gasteiger partial charge in [-0.1, -0.05) is 43.3 Å². The number of likely N-dealkylation sites (tertiary alicyclic amines) is 1. The van der Waals surface area contributed by atoms with E-state index in [-0.39, 0.29) is 5.82 Å². The number of pyridine rings is 1. The van der Waals surface area contributed by atoms with Crippen LogP contribution in [0.3, 0.4) is 0 Å². The number of halogens is 1. The first-order valence-electron chi connectivity index (χ1n) is 12.0. The first kappa shape index (κ1) is 23.2. The van der Waals surface area contributed by atoms with Gasteiger partial charge in [-0.25, -0.2) is 9.37 Å². The highest BCUT2D eigenvalue weighted by molar-refractivity contribution is 5.60. The maximum Gasteiger partial charge on any atom is 0.213 e. The molecular weight excluding hydrogens is 413 g/mol. The summed E-state index contributed by atoms with van der Waals surface area (Å²) in [5, 5.41) is 0. The van der Waals surface area contributed by atoms with E-state index in [9.17, 15) is 4.39 Å². The largest absolute Gasteiger partial charge is 0.481 e. The minimum atomic E-state index is -0.178. The van der Waals surface area contributed by atoms with Crippen LogP contribution < -0.4 is 9.64 Å². The molecule has 3 aromatic rings. The second-order valence-corrected chi connectivity index (χ2v) is 8.72. The van der Waals surface area contributed by atoms with Gasteiger partial charge in [-0.05, 0) is 61.2 Å². The number of hydrogen-bond acceptors (Lipinski definition) is 4. The highest BCUT2D eigenvalue weighted by Crippen LogP contribution is 2.34. The van der Waals surface area contributed by atoms with Gasteiger partial charge in [0.1, 0.15) is 5.82 Å². The minimum absolute atomic E-state index is 0.178. The van der Waals surface area contributed by atoms with E-state index in [1.807, 2.05) is 12.1 Å². The number of ether oxygens (including phenoxy) is 1. The number of methoxy groups -OCH3 is 1. The van der Waals surface area contributed by atoms with Gasteiger partial charge in [0.05, 0.1) is 7.11 Å². The average molecular weight is 448 g/mol. The van der Waals surface area contributed by atoms with Crippen molar-refractivity contribution in [2.45, 2.75) is 38.6 Å². The zero-order valence-electron chi connectivity index (χ0n) is 19.7. The Labute approximate surface area is 197 Å². The monoisotopic (exact) mass is 447 g/mol. The van der Waals surface area contributed by atoms with E-state index in [0.29, 0.717) is 11.9 Å². The molecule has 0 atom stereocenters. The van der Waals surface area contributed by atoms with Crippen LogP contribution >= 0.6 is 0 Å². The van der Waals surface area contributed by atoms with Gasteiger partial charge in [0.25, 0.3) is 0 Å². The van der Waals surface area contributed by atoms with Gasteiger partial charge in [0, 0.05) is 49.5 Å². The van der Waals surface area contributed by atoms with E-state index >= 15 is 0 Å². The van der Waals surface area contributed by atoms with Crippen LogP contribution in [-0.4, -0.2) is 49.2 Å². The zero-order valence-corrected chi connectivity index (χ0v) is 19.7. The normalized spacial score (nSPS) is 16.2. The summed E-state index contributed by atoms with van der Waals surface area (Å²) >= 11 is 0. The van der Waals surface area contributed by atoms with Crippen LogP contribution in [0.5, 0.6) is 5.88 Å². The van der Waals surface area contributed by atoms with Crippen molar-refractivity contribution in [3.63, 3.8) is 0 Å². The summed E-state index contributed by atoms with van der Waals surface area (Å²) in [5.74, 6) is 0.510. The molecule has 0 unspecified atom stereocenters. The third-order valence-corrected chi connectivity index (χ3v) is 6.63. The Kier molecular flexibility index (Phi) is 7.95. The molecule has 5 rings (SSSR count). The Morgan fingerprint density at radius 1 is 0.970 bits per heavy atom. The van der Waals surface area contributed by atoms with Gasteiger partial charge in [0.15, 0.2) is 0 Å². The van der Waals surface area contributed by atoms with Crippen LogP contribution in [-0.2, 0) is 12.8 Å². The third-order valence-electron chi connectivity index (χ3n) is 6.63. The lowest BCUT2D eigenvalue weighted by Gasteiger charge is -2.37. The van der Waals surface area contributed by atoms with Crippen LogP contribution in [0, 0.1) is 5.82 Å². The fourth-order valence-corrected chi connectivity index (χ4v) is 4.78. The Balaban J connectivity index is 0.000000318. The highest BCUT2D eigenvalue weighted by Gasteiger charge is 2.29. The van der Waals surface area contributed by atoms with Crippen molar-refractivity contribution in [1.29, 1.82) is 0 Å². The molecule has 1 fully saturated rings. The lowest BCUT2D eigenvalue weighted by Crippen LogP contribution is -2.44. The Morgan fingerprint density at radius 3 is 2.42 bits per heavy atom. The SMILES string of the molecule is CCN1CCC(N2CCc3ccc(Cc4cccc(OC)n4)cc32)CC1.Fc1ccccc1. The van der Waals surface area contributed by atoms with Crippen LogP contribution in [0.2, 0.25) is 0 Å². The van der Waals surface area contributed by atoms with Crippen molar-refractivity contribution in [1.82, 2.24) is 9.88 Å². The lowest BCUT2D eigenvalue weighted by molar-refractivity contribution is 0.219. The summed E-state index contributed by atoms with van der Waals surface area (Å²) in [7, 11) is 1.67. The van der Waals surface area contributed by atoms with Crippen molar-refractivity contribution >= 4 is 5.69 Å². The maximum absolute atomic E-state index is 11.9. The lowest BCUT2D eigenvalue weighted by atomic mass is 10.0. The molecule has 1 saturated heterocycles. The predicted molar refractivity (Wildman–Crippen MR) is 133 cm³/mol. The van der Waals surface area contributed by atoms with E-state index < -0.39 is 0 Å². The molecule has 33 heavy (non-hydrogen) atoms. The van der Waals surface area contributed by atoms with Gasteiger partial charge < -0.3 is 14.5 Å². The predicted octanol–water partition coefficient (Wildman–Crippen LogP) is 5.35. The second kappa shape index (κ2) is 11.3. The number of fused-ring (bicyclic) bond motifs is 1. The molecule has 0 bridgehead atoms. The molecule has 3 heterocycles. The smallest absolute Gasteiger partial charge is 0.213 e. The van der Waals surface area contributed by atoms with E-state index in [1.54, 1.807) is 25.3 Å². The number of hydrogen-bond donors (Lipinski definition) is 0. The van der Waals surface area contributed by atoms with Crippen LogP contribution in [0.4, 0.5) is 10.1 Å². The van der Waals surface area contributed by atoms with Crippen molar-refractivity contribution < 1.29 is 9.13 Å². The summed E-state index contributed by atoms with van der Waals surface area (Å²) in [6.07, 6.45) is 4.61. The van der Waals surface area contributed by atoms with Crippen LogP contribution in [0.25, 0.3) is 0 Å². The number of anilines is 1. The highest BCUT2D eigenvalue weighted by atomic mass is 19.1. The maximum atomic E-state index is 11.9. The Bertz CT molecular complexity index is 1020. The molecule has 0 amide bonds. The summed E-state index contributed by atoms with van der Waals surface area (Å²) in [6, 6.07) is 21.6. The zero-order chi connectivity index (χ0) is 23.0. The first-order valence-corrected chi connectivity index (χ1v) is 12.0. The van der Waals surface area contributed by atoms with Crippen molar-refractivity contribution in [2.75, 3.05) is 38.2 Å². The number of piperidine rings is 1. The van der Waals surface area contributed by atoms with E-state index in [0.717, 1.165) is 12.1 Å². The topological polar surface area (TPSA) is 28.6 Å². The summed E-state index contributed by atoms with van der Waals surface area (Å²) in [4.78, 5) is 9.80. The van der Waals surface area contributed by atoms with Crippen molar-refractivity contribution in [3.05, 3.63) is 89.4 Å². The molecule has 5 heteroatoms. The van der Waals surface area contributed by atoms with Gasteiger partial charge in [-0.15, -0.1) is 0 Å². The minimum Gasteiger partial charge on any atom is -0.481 e. The number of nitrogens with zero attached hydrogens (tertiary/aromatic N) is 3. The molecule has 0 radical (unpaired) electrons. The Hall–Kier alpha value is -2.92. The van der Waals surface area contributed by atoms with Gasteiger partial charge >= 0.3 is 0 Å². The molecule has 0 N–H and O–H groups in total. The van der Waals surface area contributed by atoms with Gasteiger partial charge in [-0.2, -0.15) is 0 Å². The van der Waals surface area contributed by atoms with Gasteiger partial charge in [0.2, 0.25) is 5.88 Å². The van der Waals surface area contributed by atoms with Crippen molar-refractivity contribution in [2.24, 2.45) is 0 Å². The number of benzene rings is 2. The van der Waals surface area contributed by atoms with Crippen LogP contribution in [0.1, 0.15) is 36.6 Å². The summed E-state index contributed by atoms with van der Waals surface area (Å²) < 4.78 is 17.2. The fraction of sp³-hybridized carbons (Fsp3) is 0.393. The average Bonchev–Trinajstić information content (AvgIpc) is 3.28. The van der Waals surface area contributed by atoms with E-state index in [1.165, 1.54) is 74.4 Å². The molecular formula is C28H34FN3O. The molecule has 0 spiro atoms. The number of aromatic nitrogens is 1. The molecule has 1 aromatic heterocycles. The molecule has 0 aliphatic carbocycles. The Morgan fingerprint density at radius 2 is 1.76 bits per heavy atom. The summed E-state index contributed by atoms with van der Waals surface area (Å²) in [6.45, 7) is 7.10. The van der Waals surface area contributed by atoms with Crippen LogP contribution in [0.15, 0.2) is 66.7 Å². The quantitative estimate of drug-likeness (QED) is 0.527. The standard InChI is InChI=1S/C22H29N3O.C6H5F/c1-3-24-12-10-20(11-13-24)25-14-9-18-8-7-17(16-21(18)25)15-19-5-4-6-22(23-19)26-2;7-6-4-2-1-3-5-6/h4-8,16,20H,3,9-15H2,1-2H3;1-5H. The molecule has 2 aliphatic heterocycles. The second-order valence-electron chi connectivity index (χ2n) is 8.72. The summed E-state index contributed by atoms with van der Waals surface area (Å²) in [5.41, 5.74) is 5.36. The number of rotatable bonds is 5. The van der Waals surface area contributed by atoms with Gasteiger partial charge in [-0.3, -0.25) is 0 Å². The molecule has 174 valence electrons. The molecule has 2 aliphatic rings. The van der Waals surface area contributed by atoms with E-state index in [2.05, 4.69) is 46.0 Å². The van der Waals surface area contributed by atoms with Crippen molar-refractivity contribution in [3.8, 4) is 5.88 Å². The van der Waals surface area contributed by atoms with E-state index in [4.69, 9.17) is 4.74 Å². The fourth-order valence-electron chi connectivity index (χ4n) is 4.78. The third kappa shape index (κ3) is 6.11.